The van der Waals surface area contributed by atoms with Gasteiger partial charge >= 0.3 is 6.09 Å². The maximum atomic E-state index is 12.2. The fourth-order valence-electron chi connectivity index (χ4n) is 2.62. The summed E-state index contributed by atoms with van der Waals surface area (Å²) in [6, 6.07) is 0.0392. The Bertz CT molecular complexity index is 429. The summed E-state index contributed by atoms with van der Waals surface area (Å²) in [6.07, 6.45) is 4.95. The van der Waals surface area contributed by atoms with Gasteiger partial charge < -0.3 is 14.5 Å². The van der Waals surface area contributed by atoms with Gasteiger partial charge in [0.05, 0.1) is 12.1 Å². The average molecular weight is 376 g/mol. The zero-order valence-corrected chi connectivity index (χ0v) is 18.8. The molecule has 4 nitrogen and oxygen atoms in total. The van der Waals surface area contributed by atoms with Crippen molar-refractivity contribution in [2.45, 2.75) is 102 Å². The van der Waals surface area contributed by atoms with Gasteiger partial charge in [-0.05, 0) is 64.4 Å². The third-order valence-corrected chi connectivity index (χ3v) is 10.6. The van der Waals surface area contributed by atoms with Crippen molar-refractivity contribution in [2.24, 2.45) is 0 Å². The first kappa shape index (κ1) is 21.8. The molecule has 1 aliphatic rings. The molecule has 1 saturated carbocycles. The minimum Gasteiger partial charge on any atom is -0.444 e. The van der Waals surface area contributed by atoms with Gasteiger partial charge in [-0.15, -0.1) is 0 Å². The lowest BCUT2D eigenvalue weighted by atomic mass is 9.92. The maximum Gasteiger partial charge on any atom is 0.407 e. The number of carbonyl (C=O) groups is 1. The van der Waals surface area contributed by atoms with E-state index in [1.54, 1.807) is 0 Å². The summed E-state index contributed by atoms with van der Waals surface area (Å²) in [5.74, 6) is 0. The topological polar surface area (TPSA) is 47.6 Å². The minimum absolute atomic E-state index is 0.0392. The molecule has 1 rings (SSSR count). The molecular formula is C18H37NO3SSi. The van der Waals surface area contributed by atoms with Crippen molar-refractivity contribution in [1.29, 1.82) is 0 Å². The number of hydrogen-bond donors (Lipinski definition) is 1. The van der Waals surface area contributed by atoms with Crippen LogP contribution in [0.15, 0.2) is 0 Å². The largest absolute Gasteiger partial charge is 0.444 e. The summed E-state index contributed by atoms with van der Waals surface area (Å²) in [5.41, 5.74) is -0.476. The molecule has 0 radical (unpaired) electrons. The number of hydrogen-bond acceptors (Lipinski definition) is 4. The summed E-state index contributed by atoms with van der Waals surface area (Å²) >= 11 is 1.91. The monoisotopic (exact) mass is 375 g/mol. The molecule has 1 aliphatic carbocycles. The number of ether oxygens (including phenoxy) is 1. The van der Waals surface area contributed by atoms with Crippen LogP contribution in [0.3, 0.4) is 0 Å². The highest BCUT2D eigenvalue weighted by Crippen LogP contribution is 2.40. The second kappa shape index (κ2) is 8.00. The number of thioether (sulfide) groups is 1. The van der Waals surface area contributed by atoms with Crippen LogP contribution in [0.1, 0.15) is 60.8 Å². The lowest BCUT2D eigenvalue weighted by Crippen LogP contribution is -2.54. The van der Waals surface area contributed by atoms with E-state index in [1.165, 1.54) is 0 Å². The molecule has 0 bridgehead atoms. The van der Waals surface area contributed by atoms with E-state index in [9.17, 15) is 4.79 Å². The first-order chi connectivity index (χ1) is 10.7. The van der Waals surface area contributed by atoms with Crippen LogP contribution in [-0.2, 0) is 9.16 Å². The highest BCUT2D eigenvalue weighted by molar-refractivity contribution is 7.99. The molecule has 6 heteroatoms. The number of carbonyl (C=O) groups excluding carboxylic acids is 1. The van der Waals surface area contributed by atoms with E-state index in [-0.39, 0.29) is 23.3 Å². The van der Waals surface area contributed by atoms with E-state index >= 15 is 0 Å². The molecule has 1 amide bonds. The van der Waals surface area contributed by atoms with Crippen LogP contribution in [-0.4, -0.2) is 43.7 Å². The Morgan fingerprint density at radius 2 is 1.71 bits per heavy atom. The van der Waals surface area contributed by atoms with Gasteiger partial charge in [0, 0.05) is 5.25 Å². The molecule has 24 heavy (non-hydrogen) atoms. The predicted octanol–water partition coefficient (Wildman–Crippen LogP) is 5.19. The summed E-state index contributed by atoms with van der Waals surface area (Å²) in [6.45, 7) is 17.0. The quantitative estimate of drug-likeness (QED) is 0.687. The van der Waals surface area contributed by atoms with Crippen molar-refractivity contribution in [1.82, 2.24) is 5.32 Å². The summed E-state index contributed by atoms with van der Waals surface area (Å²) in [5, 5.41) is 3.84. The van der Waals surface area contributed by atoms with Crippen molar-refractivity contribution in [2.75, 3.05) is 6.26 Å². The minimum atomic E-state index is -1.88. The number of amides is 1. The van der Waals surface area contributed by atoms with Crippen LogP contribution in [0, 0.1) is 0 Å². The smallest absolute Gasteiger partial charge is 0.407 e. The Labute approximate surface area is 154 Å². The molecule has 0 aromatic rings. The Morgan fingerprint density at radius 1 is 1.12 bits per heavy atom. The zero-order chi connectivity index (χ0) is 18.8. The molecule has 0 unspecified atom stereocenters. The third kappa shape index (κ3) is 6.60. The Kier molecular flexibility index (Phi) is 7.28. The van der Waals surface area contributed by atoms with E-state index in [0.29, 0.717) is 5.25 Å². The normalized spacial score (nSPS) is 26.1. The summed E-state index contributed by atoms with van der Waals surface area (Å²) in [7, 11) is -1.88. The van der Waals surface area contributed by atoms with Crippen LogP contribution < -0.4 is 5.32 Å². The van der Waals surface area contributed by atoms with Crippen LogP contribution >= 0.6 is 11.8 Å². The first-order valence-electron chi connectivity index (χ1n) is 8.95. The van der Waals surface area contributed by atoms with Crippen molar-refractivity contribution < 1.29 is 14.0 Å². The molecule has 0 spiro atoms. The van der Waals surface area contributed by atoms with E-state index in [1.807, 2.05) is 32.5 Å². The van der Waals surface area contributed by atoms with Gasteiger partial charge in [0.15, 0.2) is 8.32 Å². The van der Waals surface area contributed by atoms with Gasteiger partial charge in [0.25, 0.3) is 0 Å². The van der Waals surface area contributed by atoms with Crippen molar-refractivity contribution in [3.05, 3.63) is 0 Å². The fourth-order valence-corrected chi connectivity index (χ4v) is 4.74. The van der Waals surface area contributed by atoms with E-state index in [0.717, 1.165) is 19.3 Å². The second-order valence-electron chi connectivity index (χ2n) is 9.34. The van der Waals surface area contributed by atoms with E-state index in [4.69, 9.17) is 9.16 Å². The fraction of sp³-hybridized carbons (Fsp3) is 0.944. The van der Waals surface area contributed by atoms with Gasteiger partial charge in [-0.25, -0.2) is 4.79 Å². The molecular weight excluding hydrogens is 338 g/mol. The molecule has 0 heterocycles. The number of alkyl carbamates (subject to hydrolysis) is 1. The van der Waals surface area contributed by atoms with E-state index in [2.05, 4.69) is 45.4 Å². The zero-order valence-electron chi connectivity index (χ0n) is 17.0. The molecule has 1 fully saturated rings. The van der Waals surface area contributed by atoms with Gasteiger partial charge in [-0.3, -0.25) is 0 Å². The van der Waals surface area contributed by atoms with Gasteiger partial charge in [0.2, 0.25) is 0 Å². The number of nitrogens with one attached hydrogen (secondary N) is 1. The Hall–Kier alpha value is -0.203. The molecule has 0 aromatic carbocycles. The van der Waals surface area contributed by atoms with Crippen molar-refractivity contribution >= 4 is 26.2 Å². The average Bonchev–Trinajstić information content (AvgIpc) is 2.36. The second-order valence-corrected chi connectivity index (χ2v) is 15.2. The lowest BCUT2D eigenvalue weighted by molar-refractivity contribution is 0.0387. The lowest BCUT2D eigenvalue weighted by Gasteiger charge is -2.44. The van der Waals surface area contributed by atoms with Crippen LogP contribution in [0.2, 0.25) is 18.1 Å². The van der Waals surface area contributed by atoms with Gasteiger partial charge in [-0.2, -0.15) is 11.8 Å². The highest BCUT2D eigenvalue weighted by atomic mass is 32.2. The first-order valence-corrected chi connectivity index (χ1v) is 13.1. The molecule has 142 valence electrons. The van der Waals surface area contributed by atoms with Crippen molar-refractivity contribution in [3.8, 4) is 0 Å². The molecule has 0 saturated heterocycles. The number of rotatable bonds is 4. The summed E-state index contributed by atoms with van der Waals surface area (Å²) < 4.78 is 12.1. The van der Waals surface area contributed by atoms with Crippen LogP contribution in [0.4, 0.5) is 4.79 Å². The Balaban J connectivity index is 2.82. The predicted molar refractivity (Wildman–Crippen MR) is 106 cm³/mol. The van der Waals surface area contributed by atoms with E-state index < -0.39 is 13.9 Å². The molecule has 0 aliphatic heterocycles. The van der Waals surface area contributed by atoms with Crippen molar-refractivity contribution in [3.63, 3.8) is 0 Å². The van der Waals surface area contributed by atoms with Gasteiger partial charge in [0.1, 0.15) is 5.60 Å². The van der Waals surface area contributed by atoms with Crippen LogP contribution in [0.5, 0.6) is 0 Å². The maximum absolute atomic E-state index is 12.2. The summed E-state index contributed by atoms with van der Waals surface area (Å²) in [4.78, 5) is 12.2. The third-order valence-electron chi connectivity index (χ3n) is 5.03. The molecule has 1 N–H and O–H groups in total. The van der Waals surface area contributed by atoms with Crippen LogP contribution in [0.25, 0.3) is 0 Å². The van der Waals surface area contributed by atoms with Gasteiger partial charge in [-0.1, -0.05) is 20.8 Å². The SMILES string of the molecule is CS[C@@H]1CC[C@@H](NC(=O)OC(C)(C)C)[C@H](O[Si](C)(C)C(C)(C)C)C1. The molecule has 0 aromatic heterocycles. The Morgan fingerprint density at radius 3 is 2.17 bits per heavy atom. The molecule has 3 atom stereocenters. The highest BCUT2D eigenvalue weighted by Gasteiger charge is 2.43. The standard InChI is InChI=1S/C18H37NO3SSi/c1-17(2,3)21-16(20)19-14-11-10-13(23-7)12-15(14)22-24(8,9)18(4,5)6/h13-15H,10-12H2,1-9H3,(H,19,20)/t13-,14-,15-/m1/s1.